The van der Waals surface area contributed by atoms with Gasteiger partial charge in [-0.25, -0.2) is 0 Å². The summed E-state index contributed by atoms with van der Waals surface area (Å²) in [7, 11) is 1.81. The molecule has 0 spiro atoms. The van der Waals surface area contributed by atoms with E-state index in [2.05, 4.69) is 12.0 Å². The van der Waals surface area contributed by atoms with Crippen LogP contribution in [0, 0.1) is 12.8 Å². The smallest absolute Gasteiger partial charge is 0.272 e. The Morgan fingerprint density at radius 2 is 2.33 bits per heavy atom. The molecule has 18 heavy (non-hydrogen) atoms. The first-order valence-electron chi connectivity index (χ1n) is 6.54. The summed E-state index contributed by atoms with van der Waals surface area (Å²) in [4.78, 5) is 14.4. The Kier molecular flexibility index (Phi) is 3.71. The SMILES string of the molecule is Cc1cc(C(=O)N2CCC(C)CC2CN)n(C)n1. The molecule has 1 aliphatic heterocycles. The highest BCUT2D eigenvalue weighted by Gasteiger charge is 2.30. The van der Waals surface area contributed by atoms with Crippen LogP contribution in [0.4, 0.5) is 0 Å². The minimum absolute atomic E-state index is 0.0560. The number of hydrogen-bond donors (Lipinski definition) is 1. The molecule has 0 aromatic carbocycles. The van der Waals surface area contributed by atoms with Crippen molar-refractivity contribution < 1.29 is 4.79 Å². The number of piperidine rings is 1. The van der Waals surface area contributed by atoms with Crippen LogP contribution in [0.2, 0.25) is 0 Å². The van der Waals surface area contributed by atoms with Gasteiger partial charge in [0.2, 0.25) is 0 Å². The van der Waals surface area contributed by atoms with Gasteiger partial charge >= 0.3 is 0 Å². The predicted molar refractivity (Wildman–Crippen MR) is 70.2 cm³/mol. The molecule has 5 nitrogen and oxygen atoms in total. The van der Waals surface area contributed by atoms with Crippen LogP contribution >= 0.6 is 0 Å². The Balaban J connectivity index is 2.20. The van der Waals surface area contributed by atoms with Crippen LogP contribution in [0.1, 0.15) is 35.9 Å². The Bertz CT molecular complexity index is 440. The molecule has 0 radical (unpaired) electrons. The van der Waals surface area contributed by atoms with Crippen LogP contribution in [0.25, 0.3) is 0 Å². The normalized spacial score (nSPS) is 24.3. The van der Waals surface area contributed by atoms with Crippen molar-refractivity contribution in [3.63, 3.8) is 0 Å². The third-order valence-corrected chi connectivity index (χ3v) is 3.73. The summed E-state index contributed by atoms with van der Waals surface area (Å²) in [5, 5.41) is 4.23. The maximum atomic E-state index is 12.5. The third-order valence-electron chi connectivity index (χ3n) is 3.73. The molecule has 1 aliphatic rings. The molecule has 1 saturated heterocycles. The van der Waals surface area contributed by atoms with Crippen molar-refractivity contribution >= 4 is 5.91 Å². The number of likely N-dealkylation sites (tertiary alicyclic amines) is 1. The fourth-order valence-corrected chi connectivity index (χ4v) is 2.70. The quantitative estimate of drug-likeness (QED) is 0.849. The third kappa shape index (κ3) is 2.41. The molecule has 1 amide bonds. The molecule has 1 aromatic heterocycles. The fraction of sp³-hybridized carbons (Fsp3) is 0.692. The molecule has 0 bridgehead atoms. The highest BCUT2D eigenvalue weighted by atomic mass is 16.2. The van der Waals surface area contributed by atoms with E-state index < -0.39 is 0 Å². The molecule has 2 rings (SSSR count). The number of aryl methyl sites for hydroxylation is 2. The van der Waals surface area contributed by atoms with Crippen molar-refractivity contribution in [1.82, 2.24) is 14.7 Å². The molecular formula is C13H22N4O. The van der Waals surface area contributed by atoms with E-state index in [0.717, 1.165) is 25.1 Å². The average Bonchev–Trinajstić information content (AvgIpc) is 2.67. The summed E-state index contributed by atoms with van der Waals surface area (Å²) in [5.41, 5.74) is 7.32. The maximum absolute atomic E-state index is 12.5. The summed E-state index contributed by atoms with van der Waals surface area (Å²) in [6.45, 7) is 5.45. The van der Waals surface area contributed by atoms with Gasteiger partial charge in [-0.1, -0.05) is 6.92 Å². The van der Waals surface area contributed by atoms with Crippen LogP contribution in [0.3, 0.4) is 0 Å². The van der Waals surface area contributed by atoms with Gasteiger partial charge in [0, 0.05) is 26.2 Å². The summed E-state index contributed by atoms with van der Waals surface area (Å²) in [5.74, 6) is 0.705. The van der Waals surface area contributed by atoms with Crippen LogP contribution < -0.4 is 5.73 Å². The van der Waals surface area contributed by atoms with E-state index in [4.69, 9.17) is 5.73 Å². The van der Waals surface area contributed by atoms with E-state index >= 15 is 0 Å². The van der Waals surface area contributed by atoms with Gasteiger partial charge in [0.05, 0.1) is 5.69 Å². The highest BCUT2D eigenvalue weighted by Crippen LogP contribution is 2.23. The van der Waals surface area contributed by atoms with Crippen molar-refractivity contribution in [3.05, 3.63) is 17.5 Å². The number of nitrogens with two attached hydrogens (primary N) is 1. The van der Waals surface area contributed by atoms with Gasteiger partial charge in [-0.15, -0.1) is 0 Å². The van der Waals surface area contributed by atoms with Crippen LogP contribution in [-0.2, 0) is 7.05 Å². The van der Waals surface area contributed by atoms with Crippen molar-refractivity contribution in [3.8, 4) is 0 Å². The van der Waals surface area contributed by atoms with E-state index in [9.17, 15) is 4.79 Å². The van der Waals surface area contributed by atoms with Crippen molar-refractivity contribution in [2.45, 2.75) is 32.7 Å². The standard InChI is InChI=1S/C13H22N4O/c1-9-4-5-17(11(6-9)8-14)13(18)12-7-10(2)15-16(12)3/h7,9,11H,4-6,8,14H2,1-3H3. The Morgan fingerprint density at radius 1 is 1.61 bits per heavy atom. The molecule has 5 heteroatoms. The number of aromatic nitrogens is 2. The zero-order valence-corrected chi connectivity index (χ0v) is 11.4. The van der Waals surface area contributed by atoms with E-state index in [1.165, 1.54) is 0 Å². The first-order chi connectivity index (χ1) is 8.52. The Morgan fingerprint density at radius 3 is 2.89 bits per heavy atom. The number of carbonyl (C=O) groups is 1. The number of amides is 1. The first-order valence-corrected chi connectivity index (χ1v) is 6.54. The van der Waals surface area contributed by atoms with E-state index in [-0.39, 0.29) is 11.9 Å². The summed E-state index contributed by atoms with van der Waals surface area (Å²) < 4.78 is 1.66. The van der Waals surface area contributed by atoms with E-state index in [0.29, 0.717) is 18.2 Å². The molecule has 1 aromatic rings. The summed E-state index contributed by atoms with van der Waals surface area (Å²) in [6, 6.07) is 2.00. The van der Waals surface area contributed by atoms with Gasteiger partial charge in [-0.2, -0.15) is 5.10 Å². The lowest BCUT2D eigenvalue weighted by Crippen LogP contribution is -2.49. The van der Waals surface area contributed by atoms with Crippen LogP contribution in [0.15, 0.2) is 6.07 Å². The number of nitrogens with zero attached hydrogens (tertiary/aromatic N) is 3. The zero-order valence-electron chi connectivity index (χ0n) is 11.4. The molecular weight excluding hydrogens is 228 g/mol. The Hall–Kier alpha value is -1.36. The van der Waals surface area contributed by atoms with Crippen LogP contribution in [0.5, 0.6) is 0 Å². The second-order valence-corrected chi connectivity index (χ2v) is 5.31. The van der Waals surface area contributed by atoms with Gasteiger partial charge in [0.1, 0.15) is 5.69 Å². The fourth-order valence-electron chi connectivity index (χ4n) is 2.70. The lowest BCUT2D eigenvalue weighted by molar-refractivity contribution is 0.0562. The molecule has 2 heterocycles. The first kappa shape index (κ1) is 13.1. The van der Waals surface area contributed by atoms with E-state index in [1.54, 1.807) is 4.68 Å². The predicted octanol–water partition coefficient (Wildman–Crippen LogP) is 0.928. The Labute approximate surface area is 108 Å². The molecule has 2 N–H and O–H groups in total. The lowest BCUT2D eigenvalue weighted by atomic mass is 9.92. The van der Waals surface area contributed by atoms with Crippen molar-refractivity contribution in [1.29, 1.82) is 0 Å². The van der Waals surface area contributed by atoms with Crippen molar-refractivity contribution in [2.24, 2.45) is 18.7 Å². The highest BCUT2D eigenvalue weighted by molar-refractivity contribution is 5.93. The van der Waals surface area contributed by atoms with Gasteiger partial charge in [0.15, 0.2) is 0 Å². The number of carbonyl (C=O) groups excluding carboxylic acids is 1. The van der Waals surface area contributed by atoms with Crippen molar-refractivity contribution in [2.75, 3.05) is 13.1 Å². The molecule has 0 saturated carbocycles. The lowest BCUT2D eigenvalue weighted by Gasteiger charge is -2.37. The van der Waals surface area contributed by atoms with Gasteiger partial charge in [-0.05, 0) is 31.7 Å². The molecule has 2 unspecified atom stereocenters. The number of hydrogen-bond acceptors (Lipinski definition) is 3. The molecule has 1 fully saturated rings. The monoisotopic (exact) mass is 250 g/mol. The zero-order chi connectivity index (χ0) is 13.3. The summed E-state index contributed by atoms with van der Waals surface area (Å²) in [6.07, 6.45) is 2.05. The second kappa shape index (κ2) is 5.10. The molecule has 0 aliphatic carbocycles. The number of rotatable bonds is 2. The van der Waals surface area contributed by atoms with Gasteiger partial charge in [0.25, 0.3) is 5.91 Å². The van der Waals surface area contributed by atoms with E-state index in [1.807, 2.05) is 24.9 Å². The van der Waals surface area contributed by atoms with Crippen LogP contribution in [-0.4, -0.2) is 39.7 Å². The second-order valence-electron chi connectivity index (χ2n) is 5.31. The van der Waals surface area contributed by atoms with Gasteiger partial charge in [-0.3, -0.25) is 9.48 Å². The van der Waals surface area contributed by atoms with Gasteiger partial charge < -0.3 is 10.6 Å². The summed E-state index contributed by atoms with van der Waals surface area (Å²) >= 11 is 0. The maximum Gasteiger partial charge on any atom is 0.272 e. The average molecular weight is 250 g/mol. The molecule has 100 valence electrons. The minimum Gasteiger partial charge on any atom is -0.333 e. The molecule has 2 atom stereocenters. The minimum atomic E-state index is 0.0560. The topological polar surface area (TPSA) is 64.2 Å². The largest absolute Gasteiger partial charge is 0.333 e.